The van der Waals surface area contributed by atoms with Crippen LogP contribution in [0.25, 0.3) is 0 Å². The zero-order chi connectivity index (χ0) is 13.0. The number of urea groups is 1. The van der Waals surface area contributed by atoms with Crippen LogP contribution in [-0.4, -0.2) is 30.1 Å². The lowest BCUT2D eigenvalue weighted by Gasteiger charge is -2.22. The third-order valence-electron chi connectivity index (χ3n) is 2.97. The molecule has 0 unspecified atom stereocenters. The van der Waals surface area contributed by atoms with E-state index in [4.69, 9.17) is 5.73 Å². The van der Waals surface area contributed by atoms with Gasteiger partial charge in [0.25, 0.3) is 0 Å². The van der Waals surface area contributed by atoms with Crippen molar-refractivity contribution in [2.24, 2.45) is 5.73 Å². The Morgan fingerprint density at radius 1 is 1.44 bits per heavy atom. The number of nitrogens with zero attached hydrogens (tertiary/aromatic N) is 1. The average Bonchev–Trinajstić information content (AvgIpc) is 3.17. The fraction of sp³-hybridized carbons (Fsp3) is 0.462. The number of hydrogen-bond donors (Lipinski definition) is 2. The second-order valence-corrected chi connectivity index (χ2v) is 4.48. The molecule has 2 rings (SSSR count). The van der Waals surface area contributed by atoms with Crippen molar-refractivity contribution in [3.8, 4) is 0 Å². The highest BCUT2D eigenvalue weighted by Crippen LogP contribution is 2.27. The van der Waals surface area contributed by atoms with Crippen molar-refractivity contribution < 1.29 is 9.18 Å². The Hall–Kier alpha value is -1.62. The molecule has 1 aromatic carbocycles. The van der Waals surface area contributed by atoms with Crippen LogP contribution in [0.2, 0.25) is 0 Å². The molecule has 98 valence electrons. The lowest BCUT2D eigenvalue weighted by molar-refractivity contribution is 0.208. The quantitative estimate of drug-likeness (QED) is 0.842. The fourth-order valence-electron chi connectivity index (χ4n) is 1.85. The molecular formula is C13H18FN3O. The molecule has 0 radical (unpaired) electrons. The smallest absolute Gasteiger partial charge is 0.322 e. The monoisotopic (exact) mass is 251 g/mol. The van der Waals surface area contributed by atoms with Crippen molar-refractivity contribution in [1.82, 2.24) is 4.90 Å². The second kappa shape index (κ2) is 5.82. The lowest BCUT2D eigenvalue weighted by Crippen LogP contribution is -2.38. The fourth-order valence-corrected chi connectivity index (χ4v) is 1.85. The molecule has 0 atom stereocenters. The molecule has 0 aromatic heterocycles. The van der Waals surface area contributed by atoms with Crippen LogP contribution in [0.1, 0.15) is 19.3 Å². The largest absolute Gasteiger partial charge is 0.330 e. The summed E-state index contributed by atoms with van der Waals surface area (Å²) in [6.45, 7) is 1.18. The lowest BCUT2D eigenvalue weighted by atomic mass is 10.3. The summed E-state index contributed by atoms with van der Waals surface area (Å²) < 4.78 is 13.4. The summed E-state index contributed by atoms with van der Waals surface area (Å²) in [6, 6.07) is 6.23. The summed E-state index contributed by atoms with van der Waals surface area (Å²) >= 11 is 0. The van der Waals surface area contributed by atoms with E-state index in [-0.39, 0.29) is 11.7 Å². The van der Waals surface area contributed by atoms with Gasteiger partial charge in [-0.05, 0) is 37.9 Å². The number of amides is 2. The number of hydrogen-bond acceptors (Lipinski definition) is 2. The summed E-state index contributed by atoms with van der Waals surface area (Å²) in [5, 5.41) is 2.61. The van der Waals surface area contributed by atoms with Crippen molar-refractivity contribution in [2.45, 2.75) is 25.3 Å². The molecule has 4 nitrogen and oxygen atoms in total. The van der Waals surface area contributed by atoms with E-state index < -0.39 is 5.82 Å². The summed E-state index contributed by atoms with van der Waals surface area (Å²) in [5.41, 5.74) is 5.68. The topological polar surface area (TPSA) is 58.4 Å². The highest BCUT2D eigenvalue weighted by molar-refractivity contribution is 5.89. The molecule has 0 saturated heterocycles. The molecule has 2 amide bonds. The van der Waals surface area contributed by atoms with Crippen molar-refractivity contribution in [3.63, 3.8) is 0 Å². The van der Waals surface area contributed by atoms with Gasteiger partial charge in [0, 0.05) is 12.6 Å². The van der Waals surface area contributed by atoms with E-state index in [1.165, 1.54) is 6.07 Å². The zero-order valence-electron chi connectivity index (χ0n) is 10.2. The third kappa shape index (κ3) is 3.20. The van der Waals surface area contributed by atoms with E-state index in [1.807, 2.05) is 0 Å². The number of carbonyl (C=O) groups excluding carboxylic acids is 1. The van der Waals surface area contributed by atoms with Gasteiger partial charge in [-0.25, -0.2) is 9.18 Å². The average molecular weight is 251 g/mol. The number of nitrogens with one attached hydrogen (secondary N) is 1. The molecular weight excluding hydrogens is 233 g/mol. The van der Waals surface area contributed by atoms with Gasteiger partial charge in [0.15, 0.2) is 0 Å². The molecule has 0 bridgehead atoms. The standard InChI is InChI=1S/C13H18FN3O/c14-11-4-1-2-5-12(11)16-13(18)17(9-3-8-15)10-6-7-10/h1-2,4-5,10H,3,6-9,15H2,(H,16,18). The van der Waals surface area contributed by atoms with Gasteiger partial charge in [-0.3, -0.25) is 0 Å². The molecule has 0 aliphatic heterocycles. The minimum atomic E-state index is -0.416. The van der Waals surface area contributed by atoms with E-state index >= 15 is 0 Å². The number of halogens is 1. The van der Waals surface area contributed by atoms with E-state index in [1.54, 1.807) is 23.1 Å². The van der Waals surface area contributed by atoms with Crippen LogP contribution < -0.4 is 11.1 Å². The summed E-state index contributed by atoms with van der Waals surface area (Å²) in [4.78, 5) is 13.8. The number of anilines is 1. The second-order valence-electron chi connectivity index (χ2n) is 4.48. The molecule has 0 spiro atoms. The normalized spacial score (nSPS) is 14.3. The number of carbonyl (C=O) groups is 1. The maximum Gasteiger partial charge on any atom is 0.322 e. The molecule has 1 saturated carbocycles. The van der Waals surface area contributed by atoms with Gasteiger partial charge in [0.05, 0.1) is 5.69 Å². The molecule has 1 aliphatic carbocycles. The van der Waals surface area contributed by atoms with Crippen molar-refractivity contribution in [2.75, 3.05) is 18.4 Å². The summed E-state index contributed by atoms with van der Waals surface area (Å²) in [7, 11) is 0. The molecule has 18 heavy (non-hydrogen) atoms. The molecule has 1 aromatic rings. The van der Waals surface area contributed by atoms with Crippen molar-refractivity contribution >= 4 is 11.7 Å². The van der Waals surface area contributed by atoms with Gasteiger partial charge in [-0.1, -0.05) is 12.1 Å². The van der Waals surface area contributed by atoms with Gasteiger partial charge >= 0.3 is 6.03 Å². The Morgan fingerprint density at radius 3 is 2.78 bits per heavy atom. The minimum absolute atomic E-state index is 0.223. The van der Waals surface area contributed by atoms with Crippen LogP contribution >= 0.6 is 0 Å². The maximum absolute atomic E-state index is 13.4. The maximum atomic E-state index is 13.4. The van der Waals surface area contributed by atoms with Gasteiger partial charge in [0.2, 0.25) is 0 Å². The van der Waals surface area contributed by atoms with Gasteiger partial charge in [-0.15, -0.1) is 0 Å². The van der Waals surface area contributed by atoms with Gasteiger partial charge in [-0.2, -0.15) is 0 Å². The highest BCUT2D eigenvalue weighted by Gasteiger charge is 2.32. The Bertz CT molecular complexity index is 420. The van der Waals surface area contributed by atoms with Gasteiger partial charge < -0.3 is 16.0 Å². The molecule has 1 fully saturated rings. The number of rotatable bonds is 5. The number of benzene rings is 1. The first-order valence-electron chi connectivity index (χ1n) is 6.24. The third-order valence-corrected chi connectivity index (χ3v) is 2.97. The van der Waals surface area contributed by atoms with Crippen molar-refractivity contribution in [3.05, 3.63) is 30.1 Å². The van der Waals surface area contributed by atoms with E-state index in [2.05, 4.69) is 5.32 Å². The van der Waals surface area contributed by atoms with E-state index in [0.717, 1.165) is 19.3 Å². The van der Waals surface area contributed by atoms with Crippen LogP contribution in [-0.2, 0) is 0 Å². The van der Waals surface area contributed by atoms with Gasteiger partial charge in [0.1, 0.15) is 5.82 Å². The Morgan fingerprint density at radius 2 is 2.17 bits per heavy atom. The van der Waals surface area contributed by atoms with Crippen LogP contribution in [0.15, 0.2) is 24.3 Å². The minimum Gasteiger partial charge on any atom is -0.330 e. The molecule has 0 heterocycles. The molecule has 5 heteroatoms. The number of para-hydroxylation sites is 1. The highest BCUT2D eigenvalue weighted by atomic mass is 19.1. The summed E-state index contributed by atoms with van der Waals surface area (Å²) in [5.74, 6) is -0.416. The Labute approximate surface area is 106 Å². The predicted octanol–water partition coefficient (Wildman–Crippen LogP) is 2.17. The van der Waals surface area contributed by atoms with Crippen LogP contribution in [0, 0.1) is 5.82 Å². The SMILES string of the molecule is NCCCN(C(=O)Nc1ccccc1F)C1CC1. The van der Waals surface area contributed by atoms with E-state index in [0.29, 0.717) is 19.1 Å². The van der Waals surface area contributed by atoms with Crippen LogP contribution in [0.3, 0.4) is 0 Å². The Kier molecular flexibility index (Phi) is 4.15. The first-order chi connectivity index (χ1) is 8.72. The first-order valence-corrected chi connectivity index (χ1v) is 6.24. The Balaban J connectivity index is 1.98. The van der Waals surface area contributed by atoms with Crippen molar-refractivity contribution in [1.29, 1.82) is 0 Å². The molecule has 3 N–H and O–H groups in total. The summed E-state index contributed by atoms with van der Waals surface area (Å²) in [6.07, 6.45) is 2.81. The van der Waals surface area contributed by atoms with Crippen LogP contribution in [0.5, 0.6) is 0 Å². The number of nitrogens with two attached hydrogens (primary N) is 1. The molecule has 1 aliphatic rings. The van der Waals surface area contributed by atoms with Crippen LogP contribution in [0.4, 0.5) is 14.9 Å². The van der Waals surface area contributed by atoms with E-state index in [9.17, 15) is 9.18 Å². The first kappa shape index (κ1) is 12.8. The zero-order valence-corrected chi connectivity index (χ0v) is 10.2. The predicted molar refractivity (Wildman–Crippen MR) is 68.8 cm³/mol.